The summed E-state index contributed by atoms with van der Waals surface area (Å²) in [5.74, 6) is 0. The van der Waals surface area contributed by atoms with Gasteiger partial charge in [-0.3, -0.25) is 0 Å². The molecule has 0 unspecified atom stereocenters. The number of hydrogen-bond donors (Lipinski definition) is 0. The fraction of sp³-hybridized carbons (Fsp3) is 0.692. The molecule has 0 saturated carbocycles. The Hall–Kier alpha value is -0.560. The summed E-state index contributed by atoms with van der Waals surface area (Å²) in [4.78, 5) is 0. The minimum atomic E-state index is 0.844. The number of rotatable bonds is 7. The van der Waals surface area contributed by atoms with Crippen LogP contribution >= 0.6 is 0 Å². The van der Waals surface area contributed by atoms with Crippen LogP contribution in [0.1, 0.15) is 45.4 Å². The van der Waals surface area contributed by atoms with E-state index >= 15 is 0 Å². The van der Waals surface area contributed by atoms with Gasteiger partial charge >= 0.3 is 0 Å². The summed E-state index contributed by atoms with van der Waals surface area (Å²) in [6.45, 7) is 4.01. The van der Waals surface area contributed by atoms with E-state index in [0.29, 0.717) is 0 Å². The predicted octanol–water partition coefficient (Wildman–Crippen LogP) is 3.86. The van der Waals surface area contributed by atoms with E-state index in [2.05, 4.69) is 25.2 Å². The monoisotopic (exact) mass is 194 g/mol. The van der Waals surface area contributed by atoms with E-state index in [0.717, 1.165) is 26.1 Å². The van der Waals surface area contributed by atoms with Crippen molar-refractivity contribution < 1.29 is 4.74 Å². The van der Waals surface area contributed by atoms with Gasteiger partial charge in [0.25, 0.3) is 0 Å². The van der Waals surface area contributed by atoms with Gasteiger partial charge in [-0.1, -0.05) is 44.4 Å². The lowest BCUT2D eigenvalue weighted by Gasteiger charge is -2.09. The van der Waals surface area contributed by atoms with Gasteiger partial charge < -0.3 is 4.74 Å². The van der Waals surface area contributed by atoms with E-state index in [9.17, 15) is 0 Å². The molecule has 1 rings (SSSR count). The van der Waals surface area contributed by atoms with E-state index in [1.165, 1.54) is 31.3 Å². The lowest BCUT2D eigenvalue weighted by Crippen LogP contribution is -2.01. The van der Waals surface area contributed by atoms with E-state index < -0.39 is 0 Å². The Labute approximate surface area is 87.8 Å². The molecule has 0 bridgehead atoms. The van der Waals surface area contributed by atoms with Crippen LogP contribution in [-0.2, 0) is 4.74 Å². The van der Waals surface area contributed by atoms with Crippen molar-refractivity contribution in [1.29, 1.82) is 0 Å². The van der Waals surface area contributed by atoms with Crippen molar-refractivity contribution in [2.45, 2.75) is 45.4 Å². The third kappa shape index (κ3) is 5.23. The van der Waals surface area contributed by atoms with Crippen molar-refractivity contribution in [3.63, 3.8) is 0 Å². The third-order valence-corrected chi connectivity index (χ3v) is 2.52. The van der Waals surface area contributed by atoms with Gasteiger partial charge in [-0.15, -0.1) is 0 Å². The molecule has 0 radical (unpaired) electrons. The molecule has 0 N–H and O–H groups in total. The van der Waals surface area contributed by atoms with E-state index in [4.69, 9.17) is 4.74 Å². The van der Waals surface area contributed by atoms with Gasteiger partial charge in [-0.25, -0.2) is 0 Å². The molecule has 0 amide bonds. The van der Waals surface area contributed by atoms with Crippen molar-refractivity contribution in [2.75, 3.05) is 13.2 Å². The minimum Gasteiger partial charge on any atom is -0.377 e. The Kier molecular flexibility index (Phi) is 6.42. The smallest absolute Gasteiger partial charge is 0.0679 e. The molecule has 0 aromatic heterocycles. The Morgan fingerprint density at radius 1 is 1.21 bits per heavy atom. The highest BCUT2D eigenvalue weighted by Crippen LogP contribution is 2.11. The highest BCUT2D eigenvalue weighted by molar-refractivity contribution is 5.14. The zero-order valence-electron chi connectivity index (χ0n) is 9.30. The van der Waals surface area contributed by atoms with Gasteiger partial charge in [-0.05, 0) is 24.8 Å². The van der Waals surface area contributed by atoms with Crippen LogP contribution in [0.5, 0.6) is 0 Å². The van der Waals surface area contributed by atoms with Crippen LogP contribution in [0.3, 0.4) is 0 Å². The maximum atomic E-state index is 5.62. The zero-order chi connectivity index (χ0) is 10.1. The van der Waals surface area contributed by atoms with Gasteiger partial charge in [0.15, 0.2) is 0 Å². The molecule has 80 valence electrons. The predicted molar refractivity (Wildman–Crippen MR) is 61.4 cm³/mol. The molecule has 1 aliphatic carbocycles. The number of unbranched alkanes of at least 4 members (excludes halogenated alkanes) is 3. The molecule has 0 aromatic rings. The topological polar surface area (TPSA) is 9.23 Å². The summed E-state index contributed by atoms with van der Waals surface area (Å²) >= 11 is 0. The number of ether oxygens (including phenoxy) is 1. The van der Waals surface area contributed by atoms with Crippen LogP contribution in [0.4, 0.5) is 0 Å². The SMILES string of the molecule is CCCCCCOCC1=CCC=CC1. The Morgan fingerprint density at radius 3 is 2.86 bits per heavy atom. The molecule has 0 aliphatic heterocycles. The molecule has 14 heavy (non-hydrogen) atoms. The van der Waals surface area contributed by atoms with Crippen LogP contribution in [0.25, 0.3) is 0 Å². The van der Waals surface area contributed by atoms with Crippen molar-refractivity contribution in [3.8, 4) is 0 Å². The first-order valence-electron chi connectivity index (χ1n) is 5.84. The second kappa shape index (κ2) is 7.81. The summed E-state index contributed by atoms with van der Waals surface area (Å²) < 4.78 is 5.62. The van der Waals surface area contributed by atoms with E-state index in [-0.39, 0.29) is 0 Å². The minimum absolute atomic E-state index is 0.844. The molecule has 1 nitrogen and oxygen atoms in total. The summed E-state index contributed by atoms with van der Waals surface area (Å²) in [6.07, 6.45) is 14.1. The van der Waals surface area contributed by atoms with Crippen molar-refractivity contribution >= 4 is 0 Å². The van der Waals surface area contributed by atoms with Crippen LogP contribution < -0.4 is 0 Å². The molecule has 0 saturated heterocycles. The first kappa shape index (κ1) is 11.5. The maximum absolute atomic E-state index is 5.62. The Balaban J connectivity index is 1.91. The Bertz CT molecular complexity index is 191. The van der Waals surface area contributed by atoms with Gasteiger partial charge in [-0.2, -0.15) is 0 Å². The fourth-order valence-electron chi connectivity index (χ4n) is 1.60. The molecule has 1 aliphatic rings. The third-order valence-electron chi connectivity index (χ3n) is 2.52. The van der Waals surface area contributed by atoms with Crippen LogP contribution in [-0.4, -0.2) is 13.2 Å². The second-order valence-corrected chi connectivity index (χ2v) is 3.89. The first-order valence-corrected chi connectivity index (χ1v) is 5.84. The van der Waals surface area contributed by atoms with Crippen molar-refractivity contribution in [2.24, 2.45) is 0 Å². The summed E-state index contributed by atoms with van der Waals surface area (Å²) in [5, 5.41) is 0. The summed E-state index contributed by atoms with van der Waals surface area (Å²) in [7, 11) is 0. The molecular weight excluding hydrogens is 172 g/mol. The molecule has 0 spiro atoms. The summed E-state index contributed by atoms with van der Waals surface area (Å²) in [6, 6.07) is 0. The molecule has 1 heteroatoms. The van der Waals surface area contributed by atoms with E-state index in [1.807, 2.05) is 0 Å². The van der Waals surface area contributed by atoms with Crippen LogP contribution in [0.15, 0.2) is 23.8 Å². The molecule has 0 heterocycles. The largest absolute Gasteiger partial charge is 0.377 e. The quantitative estimate of drug-likeness (QED) is 0.441. The Morgan fingerprint density at radius 2 is 2.14 bits per heavy atom. The average Bonchev–Trinajstić information content (AvgIpc) is 2.25. The summed E-state index contributed by atoms with van der Waals surface area (Å²) in [5.41, 5.74) is 1.45. The average molecular weight is 194 g/mol. The lowest BCUT2D eigenvalue weighted by molar-refractivity contribution is 0.150. The lowest BCUT2D eigenvalue weighted by atomic mass is 10.1. The molecule has 0 fully saturated rings. The maximum Gasteiger partial charge on any atom is 0.0679 e. The van der Waals surface area contributed by atoms with Crippen LogP contribution in [0, 0.1) is 0 Å². The standard InChI is InChI=1S/C13H22O/c1-2-3-4-8-11-14-12-13-9-6-5-7-10-13/h5-6,10H,2-4,7-9,11-12H2,1H3. The molecule has 0 atom stereocenters. The number of allylic oxidation sites excluding steroid dienone is 3. The van der Waals surface area contributed by atoms with Crippen molar-refractivity contribution in [3.05, 3.63) is 23.8 Å². The first-order chi connectivity index (χ1) is 6.93. The molecular formula is C13H22O. The fourth-order valence-corrected chi connectivity index (χ4v) is 1.60. The van der Waals surface area contributed by atoms with Gasteiger partial charge in [0, 0.05) is 6.61 Å². The highest BCUT2D eigenvalue weighted by atomic mass is 16.5. The van der Waals surface area contributed by atoms with Crippen LogP contribution in [0.2, 0.25) is 0 Å². The second-order valence-electron chi connectivity index (χ2n) is 3.89. The zero-order valence-corrected chi connectivity index (χ0v) is 9.30. The normalized spacial score (nSPS) is 15.6. The van der Waals surface area contributed by atoms with E-state index in [1.54, 1.807) is 0 Å². The number of hydrogen-bond acceptors (Lipinski definition) is 1. The van der Waals surface area contributed by atoms with Gasteiger partial charge in [0.05, 0.1) is 6.61 Å². The molecule has 0 aromatic carbocycles. The van der Waals surface area contributed by atoms with Crippen molar-refractivity contribution in [1.82, 2.24) is 0 Å². The van der Waals surface area contributed by atoms with Gasteiger partial charge in [0.2, 0.25) is 0 Å². The van der Waals surface area contributed by atoms with Gasteiger partial charge in [0.1, 0.15) is 0 Å². The highest BCUT2D eigenvalue weighted by Gasteiger charge is 1.98.